The van der Waals surface area contributed by atoms with Gasteiger partial charge in [0.2, 0.25) is 0 Å². The fraction of sp³-hybridized carbons (Fsp3) is 0.389. The van der Waals surface area contributed by atoms with Crippen LogP contribution in [0.4, 0.5) is 4.39 Å². The number of hydrogen-bond acceptors (Lipinski definition) is 4. The van der Waals surface area contributed by atoms with E-state index in [9.17, 15) is 9.18 Å². The van der Waals surface area contributed by atoms with Crippen LogP contribution in [0.3, 0.4) is 0 Å². The molecule has 0 saturated carbocycles. The molecule has 5 nitrogen and oxygen atoms in total. The highest BCUT2D eigenvalue weighted by Crippen LogP contribution is 2.28. The number of carbonyl (C=O) groups is 1. The fourth-order valence-corrected chi connectivity index (χ4v) is 2.97. The Labute approximate surface area is 140 Å². The first-order valence-electron chi connectivity index (χ1n) is 8.11. The summed E-state index contributed by atoms with van der Waals surface area (Å²) in [6.07, 6.45) is 2.13. The lowest BCUT2D eigenvalue weighted by atomic mass is 10.2. The highest BCUT2D eigenvalue weighted by atomic mass is 19.1. The first-order chi connectivity index (χ1) is 11.5. The van der Waals surface area contributed by atoms with E-state index >= 15 is 0 Å². The van der Waals surface area contributed by atoms with E-state index in [4.69, 9.17) is 0 Å². The third-order valence-electron chi connectivity index (χ3n) is 4.29. The molecule has 0 unspecified atom stereocenters. The maximum absolute atomic E-state index is 12.9. The van der Waals surface area contributed by atoms with E-state index in [1.54, 1.807) is 18.2 Å². The molecule has 1 aromatic carbocycles. The van der Waals surface area contributed by atoms with Gasteiger partial charge in [0.05, 0.1) is 6.04 Å². The Morgan fingerprint density at radius 1 is 1.33 bits per heavy atom. The Kier molecular flexibility index (Phi) is 4.85. The maximum Gasteiger partial charge on any atom is 0.270 e. The molecule has 1 saturated heterocycles. The Morgan fingerprint density at radius 3 is 2.75 bits per heavy atom. The molecule has 6 heteroatoms. The molecule has 2 heterocycles. The lowest BCUT2D eigenvalue weighted by Gasteiger charge is -2.18. The Morgan fingerprint density at radius 2 is 2.08 bits per heavy atom. The molecule has 1 N–H and O–H groups in total. The van der Waals surface area contributed by atoms with Gasteiger partial charge in [-0.25, -0.2) is 14.4 Å². The van der Waals surface area contributed by atoms with Crippen molar-refractivity contribution in [2.24, 2.45) is 0 Å². The molecular weight excluding hydrogens is 307 g/mol. The number of halogens is 1. The minimum atomic E-state index is -0.290. The summed E-state index contributed by atoms with van der Waals surface area (Å²) in [7, 11) is 2.05. The predicted molar refractivity (Wildman–Crippen MR) is 88.9 cm³/mol. The van der Waals surface area contributed by atoms with E-state index in [0.717, 1.165) is 30.6 Å². The van der Waals surface area contributed by atoms with E-state index < -0.39 is 0 Å². The summed E-state index contributed by atoms with van der Waals surface area (Å²) >= 11 is 0. The molecule has 2 aromatic rings. The van der Waals surface area contributed by atoms with Crippen LogP contribution in [0.15, 0.2) is 30.3 Å². The van der Waals surface area contributed by atoms with Gasteiger partial charge in [-0.15, -0.1) is 0 Å². The van der Waals surface area contributed by atoms with Gasteiger partial charge in [-0.1, -0.05) is 12.1 Å². The summed E-state index contributed by atoms with van der Waals surface area (Å²) in [6, 6.07) is 7.93. The van der Waals surface area contributed by atoms with Crippen LogP contribution in [0.1, 0.15) is 46.5 Å². The topological polar surface area (TPSA) is 58.1 Å². The Balaban J connectivity index is 1.72. The monoisotopic (exact) mass is 328 g/mol. The number of amides is 1. The smallest absolute Gasteiger partial charge is 0.270 e. The summed E-state index contributed by atoms with van der Waals surface area (Å²) in [5.74, 6) is 0.176. The number of aryl methyl sites for hydroxylation is 1. The van der Waals surface area contributed by atoms with Crippen molar-refractivity contribution in [2.45, 2.75) is 32.4 Å². The summed E-state index contributed by atoms with van der Waals surface area (Å²) in [4.78, 5) is 23.6. The summed E-state index contributed by atoms with van der Waals surface area (Å²) in [5.41, 5.74) is 2.00. The first-order valence-corrected chi connectivity index (χ1v) is 8.11. The number of benzene rings is 1. The van der Waals surface area contributed by atoms with Gasteiger partial charge in [0.15, 0.2) is 0 Å². The molecule has 0 radical (unpaired) electrons. The van der Waals surface area contributed by atoms with Crippen LogP contribution >= 0.6 is 0 Å². The SMILES string of the molecule is Cc1cc(C(=O)NCc2ccc(F)cc2)nc([C@H]2CCCN2C)n1. The number of likely N-dealkylation sites (tertiary alicyclic amines) is 1. The predicted octanol–water partition coefficient (Wildman–Crippen LogP) is 2.62. The molecule has 0 aliphatic carbocycles. The molecular formula is C18H21FN4O. The second kappa shape index (κ2) is 7.05. The highest BCUT2D eigenvalue weighted by molar-refractivity contribution is 5.92. The van der Waals surface area contributed by atoms with Crippen molar-refractivity contribution >= 4 is 5.91 Å². The van der Waals surface area contributed by atoms with Crippen molar-refractivity contribution in [3.8, 4) is 0 Å². The van der Waals surface area contributed by atoms with Crippen molar-refractivity contribution in [3.05, 3.63) is 58.9 Å². The summed E-state index contributed by atoms with van der Waals surface area (Å²) < 4.78 is 12.9. The van der Waals surface area contributed by atoms with Crippen LogP contribution in [0.25, 0.3) is 0 Å². The summed E-state index contributed by atoms with van der Waals surface area (Å²) in [5, 5.41) is 2.83. The summed E-state index contributed by atoms with van der Waals surface area (Å²) in [6.45, 7) is 3.23. The number of carbonyl (C=O) groups excluding carboxylic acids is 1. The largest absolute Gasteiger partial charge is 0.347 e. The van der Waals surface area contributed by atoms with Gasteiger partial charge >= 0.3 is 0 Å². The van der Waals surface area contributed by atoms with Gasteiger partial charge in [-0.3, -0.25) is 9.69 Å². The standard InChI is InChI=1S/C18H21FN4O/c1-12-10-15(22-17(21-12)16-4-3-9-23(16)2)18(24)20-11-13-5-7-14(19)8-6-13/h5-8,10,16H,3-4,9,11H2,1-2H3,(H,20,24)/t16-/m1/s1. The quantitative estimate of drug-likeness (QED) is 0.937. The second-order valence-electron chi connectivity index (χ2n) is 6.20. The van der Waals surface area contributed by atoms with E-state index in [1.807, 2.05) is 6.92 Å². The van der Waals surface area contributed by atoms with E-state index in [0.29, 0.717) is 18.1 Å². The average Bonchev–Trinajstić information content (AvgIpc) is 2.99. The minimum absolute atomic E-state index is 0.175. The zero-order chi connectivity index (χ0) is 17.1. The number of aromatic nitrogens is 2. The Hall–Kier alpha value is -2.34. The van der Waals surface area contributed by atoms with Crippen LogP contribution in [0.5, 0.6) is 0 Å². The minimum Gasteiger partial charge on any atom is -0.347 e. The molecule has 1 aliphatic rings. The van der Waals surface area contributed by atoms with Crippen molar-refractivity contribution in [3.63, 3.8) is 0 Å². The fourth-order valence-electron chi connectivity index (χ4n) is 2.97. The van der Waals surface area contributed by atoms with Crippen molar-refractivity contribution < 1.29 is 9.18 Å². The van der Waals surface area contributed by atoms with E-state index in [2.05, 4.69) is 27.2 Å². The molecule has 24 heavy (non-hydrogen) atoms. The highest BCUT2D eigenvalue weighted by Gasteiger charge is 2.26. The lowest BCUT2D eigenvalue weighted by Crippen LogP contribution is -2.26. The first kappa shape index (κ1) is 16.5. The third kappa shape index (κ3) is 3.76. The molecule has 1 aromatic heterocycles. The van der Waals surface area contributed by atoms with Gasteiger partial charge < -0.3 is 5.32 Å². The van der Waals surface area contributed by atoms with Crippen LogP contribution in [0.2, 0.25) is 0 Å². The van der Waals surface area contributed by atoms with Gasteiger partial charge in [0.25, 0.3) is 5.91 Å². The van der Waals surface area contributed by atoms with Crippen molar-refractivity contribution in [1.29, 1.82) is 0 Å². The number of nitrogens with zero attached hydrogens (tertiary/aromatic N) is 3. The zero-order valence-electron chi connectivity index (χ0n) is 13.9. The van der Waals surface area contributed by atoms with E-state index in [1.165, 1.54) is 12.1 Å². The van der Waals surface area contributed by atoms with Crippen LogP contribution < -0.4 is 5.32 Å². The second-order valence-corrected chi connectivity index (χ2v) is 6.20. The van der Waals surface area contributed by atoms with E-state index in [-0.39, 0.29) is 17.8 Å². The van der Waals surface area contributed by atoms with Gasteiger partial charge in [0, 0.05) is 12.2 Å². The molecule has 1 aliphatic heterocycles. The zero-order valence-corrected chi connectivity index (χ0v) is 13.9. The van der Waals surface area contributed by atoms with Crippen molar-refractivity contribution in [1.82, 2.24) is 20.2 Å². The number of hydrogen-bond donors (Lipinski definition) is 1. The van der Waals surface area contributed by atoms with Crippen LogP contribution in [-0.4, -0.2) is 34.4 Å². The van der Waals surface area contributed by atoms with Gasteiger partial charge in [0.1, 0.15) is 17.3 Å². The maximum atomic E-state index is 12.9. The third-order valence-corrected chi connectivity index (χ3v) is 4.29. The molecule has 1 fully saturated rings. The normalized spacial score (nSPS) is 17.9. The lowest BCUT2D eigenvalue weighted by molar-refractivity contribution is 0.0945. The van der Waals surface area contributed by atoms with Crippen LogP contribution in [-0.2, 0) is 6.54 Å². The van der Waals surface area contributed by atoms with Gasteiger partial charge in [-0.05, 0) is 57.1 Å². The number of rotatable bonds is 4. The molecule has 1 amide bonds. The molecule has 1 atom stereocenters. The number of nitrogens with one attached hydrogen (secondary N) is 1. The molecule has 126 valence electrons. The molecule has 0 spiro atoms. The molecule has 3 rings (SSSR count). The Bertz CT molecular complexity index is 732. The van der Waals surface area contributed by atoms with Crippen LogP contribution in [0, 0.1) is 12.7 Å². The van der Waals surface area contributed by atoms with Crippen molar-refractivity contribution in [2.75, 3.05) is 13.6 Å². The molecule has 0 bridgehead atoms. The average molecular weight is 328 g/mol. The van der Waals surface area contributed by atoms with Gasteiger partial charge in [-0.2, -0.15) is 0 Å².